The van der Waals surface area contributed by atoms with Crippen molar-refractivity contribution in [3.63, 3.8) is 0 Å². The molecule has 11 heteroatoms. The minimum Gasteiger partial charge on any atom is -0.445 e. The molecule has 0 fully saturated rings. The van der Waals surface area contributed by atoms with Gasteiger partial charge >= 0.3 is 13.9 Å². The lowest BCUT2D eigenvalue weighted by Gasteiger charge is -2.24. The second kappa shape index (κ2) is 15.3. The van der Waals surface area contributed by atoms with Gasteiger partial charge in [-0.1, -0.05) is 74.5 Å². The molecular weight excluding hydrogens is 499 g/mol. The average Bonchev–Trinajstić information content (AvgIpc) is 2.90. The van der Waals surface area contributed by atoms with Gasteiger partial charge in [0.25, 0.3) is 0 Å². The molecule has 0 saturated heterocycles. The first-order valence-electron chi connectivity index (χ1n) is 11.9. The Morgan fingerprint density at radius 1 is 0.838 bits per heavy atom. The third-order valence-electron chi connectivity index (χ3n) is 5.33. The van der Waals surface area contributed by atoms with Crippen molar-refractivity contribution in [1.29, 1.82) is 0 Å². The lowest BCUT2D eigenvalue weighted by Crippen LogP contribution is -2.53. The Hall–Kier alpha value is -3.04. The van der Waals surface area contributed by atoms with E-state index < -0.39 is 44.3 Å². The molecule has 0 unspecified atom stereocenters. The van der Waals surface area contributed by atoms with Gasteiger partial charge in [0.05, 0.1) is 6.04 Å². The number of hydrogen-bond acceptors (Lipinski definition) is 8. The maximum Gasteiger partial charge on any atom is 0.474 e. The van der Waals surface area contributed by atoms with Crippen molar-refractivity contribution in [3.8, 4) is 0 Å². The van der Waals surface area contributed by atoms with Crippen molar-refractivity contribution in [2.75, 3.05) is 20.8 Å². The number of amides is 2. The second-order valence-electron chi connectivity index (χ2n) is 8.69. The molecule has 0 aromatic heterocycles. The fourth-order valence-electron chi connectivity index (χ4n) is 3.40. The molecule has 0 radical (unpaired) electrons. The van der Waals surface area contributed by atoms with Crippen LogP contribution in [0.2, 0.25) is 0 Å². The summed E-state index contributed by atoms with van der Waals surface area (Å²) in [6, 6.07) is 16.3. The van der Waals surface area contributed by atoms with Crippen LogP contribution in [0.15, 0.2) is 60.7 Å². The first-order chi connectivity index (χ1) is 17.7. The summed E-state index contributed by atoms with van der Waals surface area (Å²) in [5.41, 5.74) is 1.60. The number of ether oxygens (including phenoxy) is 1. The van der Waals surface area contributed by atoms with Gasteiger partial charge in [0.15, 0.2) is 5.78 Å². The second-order valence-corrected chi connectivity index (χ2v) is 10.6. The molecule has 2 amide bonds. The van der Waals surface area contributed by atoms with Crippen LogP contribution in [0.1, 0.15) is 31.4 Å². The van der Waals surface area contributed by atoms with Gasteiger partial charge in [-0.25, -0.2) is 9.36 Å². The van der Waals surface area contributed by atoms with E-state index in [9.17, 15) is 18.9 Å². The van der Waals surface area contributed by atoms with Gasteiger partial charge in [0, 0.05) is 14.2 Å². The molecular formula is C26H35N2O8P. The average molecular weight is 535 g/mol. The van der Waals surface area contributed by atoms with Crippen LogP contribution in [0, 0.1) is 5.92 Å². The number of phosphoric acid groups is 1. The van der Waals surface area contributed by atoms with E-state index in [0.717, 1.165) is 25.3 Å². The Balaban J connectivity index is 2.11. The van der Waals surface area contributed by atoms with Crippen molar-refractivity contribution in [2.45, 2.75) is 45.4 Å². The molecule has 0 aliphatic heterocycles. The van der Waals surface area contributed by atoms with Crippen LogP contribution in [0.3, 0.4) is 0 Å². The third-order valence-corrected chi connectivity index (χ3v) is 6.67. The third kappa shape index (κ3) is 10.9. The highest BCUT2D eigenvalue weighted by molar-refractivity contribution is 7.48. The SMILES string of the molecule is COP(=O)(OC)OCC(=O)[C@H](Cc1ccccc1)NC(=O)[C@H](CC(C)C)NC(=O)OCc1ccccc1. The molecule has 2 aromatic rings. The zero-order valence-electron chi connectivity index (χ0n) is 21.5. The maximum atomic E-state index is 13.2. The van der Waals surface area contributed by atoms with E-state index >= 15 is 0 Å². The fraction of sp³-hybridized carbons (Fsp3) is 0.423. The fourth-order valence-corrected chi connectivity index (χ4v) is 4.05. The van der Waals surface area contributed by atoms with Gasteiger partial charge in [-0.15, -0.1) is 0 Å². The van der Waals surface area contributed by atoms with Crippen LogP contribution in [0.4, 0.5) is 4.79 Å². The number of alkyl carbamates (subject to hydrolysis) is 1. The van der Waals surface area contributed by atoms with E-state index in [1.165, 1.54) is 0 Å². The van der Waals surface area contributed by atoms with E-state index in [-0.39, 0.29) is 18.9 Å². The number of carbonyl (C=O) groups is 3. The molecule has 0 spiro atoms. The molecule has 2 N–H and O–H groups in total. The van der Waals surface area contributed by atoms with Crippen LogP contribution in [0.5, 0.6) is 0 Å². The van der Waals surface area contributed by atoms with Crippen LogP contribution in [-0.4, -0.2) is 50.7 Å². The summed E-state index contributed by atoms with van der Waals surface area (Å²) in [4.78, 5) is 38.7. The van der Waals surface area contributed by atoms with Crippen LogP contribution in [0.25, 0.3) is 0 Å². The Morgan fingerprint density at radius 2 is 1.41 bits per heavy atom. The summed E-state index contributed by atoms with van der Waals surface area (Å²) in [5, 5.41) is 5.31. The quantitative estimate of drug-likeness (QED) is 0.328. The first-order valence-corrected chi connectivity index (χ1v) is 13.3. The number of benzene rings is 2. The molecule has 37 heavy (non-hydrogen) atoms. The molecule has 10 nitrogen and oxygen atoms in total. The molecule has 2 atom stereocenters. The monoisotopic (exact) mass is 534 g/mol. The normalized spacial score (nSPS) is 13.0. The zero-order chi connectivity index (χ0) is 27.3. The predicted octanol–water partition coefficient (Wildman–Crippen LogP) is 4.04. The lowest BCUT2D eigenvalue weighted by atomic mass is 10.00. The zero-order valence-corrected chi connectivity index (χ0v) is 22.4. The molecule has 202 valence electrons. The topological polar surface area (TPSA) is 129 Å². The van der Waals surface area contributed by atoms with Crippen molar-refractivity contribution in [1.82, 2.24) is 10.6 Å². The van der Waals surface area contributed by atoms with E-state index in [4.69, 9.17) is 18.3 Å². The van der Waals surface area contributed by atoms with Gasteiger partial charge < -0.3 is 15.4 Å². The Morgan fingerprint density at radius 3 is 1.95 bits per heavy atom. The summed E-state index contributed by atoms with van der Waals surface area (Å²) >= 11 is 0. The molecule has 0 aliphatic rings. The van der Waals surface area contributed by atoms with Gasteiger partial charge in [-0.05, 0) is 29.9 Å². The van der Waals surface area contributed by atoms with E-state index in [2.05, 4.69) is 10.6 Å². The molecule has 0 heterocycles. The standard InChI is InChI=1S/C26H35N2O8P/c1-19(2)15-23(28-26(31)35-17-21-13-9-6-10-14-21)25(30)27-22(16-20-11-7-5-8-12-20)24(29)18-36-37(32,33-3)34-4/h5-14,19,22-23H,15-18H2,1-4H3,(H,27,30)(H,28,31)/t22-,23-/m0/s1. The summed E-state index contributed by atoms with van der Waals surface area (Å²) in [7, 11) is -1.62. The highest BCUT2D eigenvalue weighted by atomic mass is 31.2. The van der Waals surface area contributed by atoms with Crippen molar-refractivity contribution < 1.29 is 37.3 Å². The molecule has 0 bridgehead atoms. The van der Waals surface area contributed by atoms with Gasteiger partial charge in [0.2, 0.25) is 5.91 Å². The predicted molar refractivity (Wildman–Crippen MR) is 138 cm³/mol. The number of phosphoric ester groups is 1. The van der Waals surface area contributed by atoms with Crippen molar-refractivity contribution >= 4 is 25.6 Å². The number of rotatable bonds is 15. The highest BCUT2D eigenvalue weighted by Gasteiger charge is 2.30. The lowest BCUT2D eigenvalue weighted by molar-refractivity contribution is -0.130. The minimum atomic E-state index is -3.89. The number of nitrogens with one attached hydrogen (secondary N) is 2. The van der Waals surface area contributed by atoms with Crippen molar-refractivity contribution in [3.05, 3.63) is 71.8 Å². The van der Waals surface area contributed by atoms with Crippen LogP contribution in [-0.2, 0) is 45.5 Å². The summed E-state index contributed by atoms with van der Waals surface area (Å²) < 4.78 is 32.0. The number of ketones is 1. The van der Waals surface area contributed by atoms with Crippen LogP contribution < -0.4 is 10.6 Å². The maximum absolute atomic E-state index is 13.2. The van der Waals surface area contributed by atoms with E-state index in [0.29, 0.717) is 6.42 Å². The Kier molecular flexibility index (Phi) is 12.5. The van der Waals surface area contributed by atoms with Gasteiger partial charge in [0.1, 0.15) is 19.3 Å². The van der Waals surface area contributed by atoms with E-state index in [1.807, 2.05) is 74.5 Å². The minimum absolute atomic E-state index is 0.0498. The largest absolute Gasteiger partial charge is 0.474 e. The van der Waals surface area contributed by atoms with Crippen molar-refractivity contribution in [2.24, 2.45) is 5.92 Å². The Labute approximate surface area is 217 Å². The summed E-state index contributed by atoms with van der Waals surface area (Å²) in [6.45, 7) is 3.25. The summed E-state index contributed by atoms with van der Waals surface area (Å²) in [5.74, 6) is -1.03. The number of carbonyl (C=O) groups excluding carboxylic acids is 3. The molecule has 2 rings (SSSR count). The van der Waals surface area contributed by atoms with E-state index in [1.54, 1.807) is 0 Å². The number of Topliss-reactive ketones (excluding diaryl/α,β-unsaturated/α-hetero) is 1. The number of hydrogen-bond donors (Lipinski definition) is 2. The molecule has 0 aliphatic carbocycles. The van der Waals surface area contributed by atoms with Crippen LogP contribution >= 0.6 is 7.82 Å². The Bertz CT molecular complexity index is 1040. The highest BCUT2D eigenvalue weighted by Crippen LogP contribution is 2.47. The van der Waals surface area contributed by atoms with Gasteiger partial charge in [-0.2, -0.15) is 0 Å². The van der Waals surface area contributed by atoms with Gasteiger partial charge in [-0.3, -0.25) is 23.2 Å². The summed E-state index contributed by atoms with van der Waals surface area (Å²) in [6.07, 6.45) is -0.274. The first kappa shape index (κ1) is 30.2. The smallest absolute Gasteiger partial charge is 0.445 e. The molecule has 2 aromatic carbocycles. The molecule has 0 saturated carbocycles.